The summed E-state index contributed by atoms with van der Waals surface area (Å²) >= 11 is -2.60. The molecule has 0 aliphatic carbocycles. The first kappa shape index (κ1) is 15.3. The number of hydrogen-bond donors (Lipinski definition) is 0. The minimum atomic E-state index is -2.60. The van der Waals surface area contributed by atoms with Gasteiger partial charge in [-0.2, -0.15) is 5.10 Å². The summed E-state index contributed by atoms with van der Waals surface area (Å²) in [5, 5.41) is 2.62. The smallest absolute Gasteiger partial charge is 0.358 e. The third kappa shape index (κ3) is 3.61. The number of nitrogens with zero attached hydrogens (tertiary/aromatic N) is 2. The van der Waals surface area contributed by atoms with Gasteiger partial charge >= 0.3 is 11.9 Å². The van der Waals surface area contributed by atoms with Gasteiger partial charge in [-0.3, -0.25) is 13.7 Å². The molecule has 8 nitrogen and oxygen atoms in total. The van der Waals surface area contributed by atoms with Gasteiger partial charge in [0.25, 0.3) is 0 Å². The fourth-order valence-electron chi connectivity index (χ4n) is 1.51. The summed E-state index contributed by atoms with van der Waals surface area (Å²) in [4.78, 5) is 22.7. The molecule has 0 N–H and O–H groups in total. The lowest BCUT2D eigenvalue weighted by molar-refractivity contribution is -0.140. The molecule has 2 unspecified atom stereocenters. The predicted octanol–water partition coefficient (Wildman–Crippen LogP) is -0.310. The fraction of sp³-hybridized carbons (Fsp3) is 0.500. The van der Waals surface area contributed by atoms with Crippen molar-refractivity contribution in [3.05, 3.63) is 17.5 Å². The number of methoxy groups -OCH3 is 2. The van der Waals surface area contributed by atoms with Gasteiger partial charge in [-0.05, 0) is 11.1 Å². The van der Waals surface area contributed by atoms with E-state index in [1.807, 2.05) is 0 Å². The Kier molecular flexibility index (Phi) is 5.19. The van der Waals surface area contributed by atoms with Gasteiger partial charge in [0.05, 0.1) is 25.9 Å². The van der Waals surface area contributed by atoms with Crippen LogP contribution in [-0.4, -0.2) is 44.7 Å². The second-order valence-corrected chi connectivity index (χ2v) is 4.72. The summed E-state index contributed by atoms with van der Waals surface area (Å²) < 4.78 is 32.7. The Morgan fingerprint density at radius 2 is 2.11 bits per heavy atom. The average Bonchev–Trinajstić information content (AvgIpc) is 2.75. The normalized spacial score (nSPS) is 13.7. The largest absolute Gasteiger partial charge is 0.772 e. The van der Waals surface area contributed by atoms with Crippen molar-refractivity contribution in [3.63, 3.8) is 0 Å². The maximum absolute atomic E-state index is 11.5. The number of carbonyl (C=O) groups excluding carboxylic acids is 2. The molecular weight excluding hydrogens is 276 g/mol. The molecule has 1 rings (SSSR count). The summed E-state index contributed by atoms with van der Waals surface area (Å²) in [6.07, 6.45) is 0.956. The molecule has 1 aromatic rings. The molecule has 0 bridgehead atoms. The monoisotopic (exact) mass is 289 g/mol. The Morgan fingerprint density at radius 3 is 2.58 bits per heavy atom. The molecule has 9 heteroatoms. The van der Waals surface area contributed by atoms with E-state index in [1.165, 1.54) is 17.9 Å². The van der Waals surface area contributed by atoms with Crippen molar-refractivity contribution in [1.29, 1.82) is 0 Å². The third-order valence-corrected chi connectivity index (χ3v) is 3.28. The van der Waals surface area contributed by atoms with Gasteiger partial charge in [0, 0.05) is 18.8 Å². The van der Waals surface area contributed by atoms with Crippen molar-refractivity contribution < 1.29 is 27.8 Å². The van der Waals surface area contributed by atoms with Crippen LogP contribution in [0.4, 0.5) is 0 Å². The summed E-state index contributed by atoms with van der Waals surface area (Å²) in [5.41, 5.74) is -0.0313. The molecule has 0 fully saturated rings. The first-order chi connectivity index (χ1) is 8.90. The van der Waals surface area contributed by atoms with Gasteiger partial charge in [0.15, 0.2) is 5.69 Å². The van der Waals surface area contributed by atoms with Crippen LogP contribution in [0, 0.1) is 0 Å². The fourth-order valence-corrected chi connectivity index (χ4v) is 2.17. The Balaban J connectivity index is 3.19. The molecule has 0 amide bonds. The van der Waals surface area contributed by atoms with Crippen LogP contribution in [0.5, 0.6) is 0 Å². The molecule has 1 heterocycles. The van der Waals surface area contributed by atoms with E-state index < -0.39 is 34.7 Å². The second-order valence-electron chi connectivity index (χ2n) is 3.63. The number of esters is 2. The lowest BCUT2D eigenvalue weighted by Gasteiger charge is -2.17. The Hall–Kier alpha value is -1.74. The van der Waals surface area contributed by atoms with E-state index in [4.69, 9.17) is 0 Å². The minimum absolute atomic E-state index is 0.105. The van der Waals surface area contributed by atoms with Crippen LogP contribution in [0.1, 0.15) is 27.7 Å². The highest BCUT2D eigenvalue weighted by Crippen LogP contribution is 2.26. The summed E-state index contributed by atoms with van der Waals surface area (Å²) in [6.45, 7) is 0. The van der Waals surface area contributed by atoms with Gasteiger partial charge in [0.2, 0.25) is 0 Å². The van der Waals surface area contributed by atoms with E-state index in [2.05, 4.69) is 14.6 Å². The molecule has 2 atom stereocenters. The first-order valence-electron chi connectivity index (χ1n) is 5.17. The number of aromatic nitrogens is 2. The van der Waals surface area contributed by atoms with Crippen molar-refractivity contribution in [3.8, 4) is 0 Å². The summed E-state index contributed by atoms with van der Waals surface area (Å²) in [7, 11) is 3.83. The number of hydrogen-bond acceptors (Lipinski definition) is 7. The summed E-state index contributed by atoms with van der Waals surface area (Å²) in [6, 6.07) is 0. The quantitative estimate of drug-likeness (QED) is 0.540. The van der Waals surface area contributed by atoms with Crippen molar-refractivity contribution in [2.75, 3.05) is 14.2 Å². The van der Waals surface area contributed by atoms with Crippen LogP contribution >= 0.6 is 0 Å². The van der Waals surface area contributed by atoms with Gasteiger partial charge in [-0.1, -0.05) is 0 Å². The van der Waals surface area contributed by atoms with Crippen LogP contribution in [0.3, 0.4) is 0 Å². The molecule has 0 aromatic carbocycles. The molecule has 0 spiro atoms. The number of ether oxygens (including phenoxy) is 2. The maximum Gasteiger partial charge on any atom is 0.358 e. The van der Waals surface area contributed by atoms with E-state index in [0.29, 0.717) is 0 Å². The highest BCUT2D eigenvalue weighted by molar-refractivity contribution is 7.79. The van der Waals surface area contributed by atoms with E-state index in [0.717, 1.165) is 14.2 Å². The van der Waals surface area contributed by atoms with Crippen molar-refractivity contribution in [2.45, 2.75) is 11.7 Å². The highest BCUT2D eigenvalue weighted by Gasteiger charge is 2.26. The Bertz CT molecular complexity index is 512. The second kappa shape index (κ2) is 6.43. The zero-order valence-electron chi connectivity index (χ0n) is 10.6. The number of aryl methyl sites for hydroxylation is 1. The molecule has 0 radical (unpaired) electrons. The average molecular weight is 289 g/mol. The highest BCUT2D eigenvalue weighted by atomic mass is 32.2. The van der Waals surface area contributed by atoms with Crippen LogP contribution < -0.4 is 0 Å². The van der Waals surface area contributed by atoms with Crippen molar-refractivity contribution in [1.82, 2.24) is 9.78 Å². The van der Waals surface area contributed by atoms with E-state index in [9.17, 15) is 18.4 Å². The van der Waals surface area contributed by atoms with Crippen LogP contribution in [-0.2, 0) is 32.4 Å². The third-order valence-electron chi connectivity index (χ3n) is 2.39. The molecule has 19 heavy (non-hydrogen) atoms. The zero-order chi connectivity index (χ0) is 14.6. The zero-order valence-corrected chi connectivity index (χ0v) is 11.4. The predicted molar refractivity (Wildman–Crippen MR) is 62.8 cm³/mol. The standard InChI is InChI=1S/C10H14N2O6S/c1-12-5-6(9(11-12)10(14)18-3)7(19(15)16)4-8(13)17-2/h5,7H,4H2,1-3H3,(H,15,16)/p-1. The minimum Gasteiger partial charge on any atom is -0.772 e. The molecule has 0 aliphatic heterocycles. The molecular formula is C10H13N2O6S-. The molecule has 0 saturated heterocycles. The van der Waals surface area contributed by atoms with Crippen molar-refractivity contribution in [2.24, 2.45) is 7.05 Å². The lowest BCUT2D eigenvalue weighted by atomic mass is 10.1. The van der Waals surface area contributed by atoms with Crippen LogP contribution in [0.15, 0.2) is 6.20 Å². The van der Waals surface area contributed by atoms with Gasteiger partial charge < -0.3 is 14.0 Å². The molecule has 106 valence electrons. The van der Waals surface area contributed by atoms with Gasteiger partial charge in [0.1, 0.15) is 0 Å². The molecule has 0 saturated carbocycles. The molecule has 0 aliphatic rings. The maximum atomic E-state index is 11.5. The topological polar surface area (TPSA) is 111 Å². The van der Waals surface area contributed by atoms with Crippen LogP contribution in [0.25, 0.3) is 0 Å². The van der Waals surface area contributed by atoms with E-state index in [-0.39, 0.29) is 11.3 Å². The number of carbonyl (C=O) groups is 2. The van der Waals surface area contributed by atoms with Crippen molar-refractivity contribution >= 4 is 23.0 Å². The summed E-state index contributed by atoms with van der Waals surface area (Å²) in [5.74, 6) is -1.47. The number of rotatable bonds is 5. The van der Waals surface area contributed by atoms with Gasteiger partial charge in [-0.25, -0.2) is 4.79 Å². The van der Waals surface area contributed by atoms with Crippen LogP contribution in [0.2, 0.25) is 0 Å². The Labute approximate surface area is 112 Å². The van der Waals surface area contributed by atoms with E-state index >= 15 is 0 Å². The lowest BCUT2D eigenvalue weighted by Crippen LogP contribution is -2.16. The molecule has 1 aromatic heterocycles. The SMILES string of the molecule is COC(=O)CC(c1cn(C)nc1C(=O)OC)S(=O)[O-]. The first-order valence-corrected chi connectivity index (χ1v) is 6.31. The van der Waals surface area contributed by atoms with Gasteiger partial charge in [-0.15, -0.1) is 0 Å². The Morgan fingerprint density at radius 1 is 1.47 bits per heavy atom. The van der Waals surface area contributed by atoms with E-state index in [1.54, 1.807) is 0 Å².